The van der Waals surface area contributed by atoms with Crippen LogP contribution in [-0.2, 0) is 19.1 Å². The summed E-state index contributed by atoms with van der Waals surface area (Å²) in [5.41, 5.74) is 5.00. The fraction of sp³-hybridized carbons (Fsp3) is 0.778. The van der Waals surface area contributed by atoms with E-state index in [1.807, 2.05) is 20.8 Å². The van der Waals surface area contributed by atoms with E-state index in [-0.39, 0.29) is 18.4 Å². The molecule has 208 valence electrons. The number of nitrogens with zero attached hydrogens (tertiary/aromatic N) is 1. The number of hydrogen-bond donors (Lipinski definition) is 4. The average Bonchev–Trinajstić information content (AvgIpc) is 3.31. The van der Waals surface area contributed by atoms with Crippen molar-refractivity contribution in [2.24, 2.45) is 23.0 Å². The molecule has 3 rings (SSSR count). The van der Waals surface area contributed by atoms with Gasteiger partial charge in [0, 0.05) is 12.5 Å². The maximum Gasteiger partial charge on any atom is 0.408 e. The van der Waals surface area contributed by atoms with E-state index in [0.717, 1.165) is 37.7 Å². The van der Waals surface area contributed by atoms with Crippen molar-refractivity contribution in [3.8, 4) is 0 Å². The smallest absolute Gasteiger partial charge is 0.408 e. The first-order valence-electron chi connectivity index (χ1n) is 13.3. The molecule has 1 aliphatic heterocycles. The number of nitrogens with one attached hydrogen (secondary N) is 2. The minimum Gasteiger partial charge on any atom is -0.444 e. The van der Waals surface area contributed by atoms with Crippen LogP contribution >= 0.6 is 0 Å². The molecule has 1 saturated carbocycles. The van der Waals surface area contributed by atoms with Gasteiger partial charge in [0.05, 0.1) is 6.04 Å². The van der Waals surface area contributed by atoms with Gasteiger partial charge in [-0.1, -0.05) is 46.1 Å². The van der Waals surface area contributed by atoms with Crippen molar-refractivity contribution >= 4 is 23.8 Å². The monoisotopic (exact) mass is 520 g/mol. The molecule has 0 bridgehead atoms. The lowest BCUT2D eigenvalue weighted by Gasteiger charge is -2.37. The number of aliphatic hydroxyl groups excluding tert-OH is 1. The van der Waals surface area contributed by atoms with Crippen molar-refractivity contribution in [1.29, 1.82) is 0 Å². The Kier molecular flexibility index (Phi) is 8.61. The average molecular weight is 521 g/mol. The van der Waals surface area contributed by atoms with Crippen LogP contribution in [0.4, 0.5) is 4.79 Å². The van der Waals surface area contributed by atoms with Gasteiger partial charge in [0.1, 0.15) is 17.7 Å². The van der Waals surface area contributed by atoms with E-state index in [2.05, 4.69) is 16.7 Å². The van der Waals surface area contributed by atoms with E-state index in [0.29, 0.717) is 12.3 Å². The predicted molar refractivity (Wildman–Crippen MR) is 138 cm³/mol. The van der Waals surface area contributed by atoms with Crippen LogP contribution in [0.2, 0.25) is 0 Å². The molecule has 3 aliphatic rings. The molecule has 0 aromatic carbocycles. The summed E-state index contributed by atoms with van der Waals surface area (Å²) < 4.78 is 5.40. The van der Waals surface area contributed by atoms with Crippen LogP contribution in [0.5, 0.6) is 0 Å². The van der Waals surface area contributed by atoms with Crippen LogP contribution in [-0.4, -0.2) is 70.2 Å². The van der Waals surface area contributed by atoms with Gasteiger partial charge in [0.25, 0.3) is 0 Å². The molecule has 37 heavy (non-hydrogen) atoms. The van der Waals surface area contributed by atoms with Crippen molar-refractivity contribution in [1.82, 2.24) is 15.5 Å². The zero-order chi connectivity index (χ0) is 27.7. The van der Waals surface area contributed by atoms with E-state index in [9.17, 15) is 24.3 Å². The zero-order valence-corrected chi connectivity index (χ0v) is 23.0. The van der Waals surface area contributed by atoms with E-state index >= 15 is 0 Å². The Morgan fingerprint density at radius 1 is 1.11 bits per heavy atom. The lowest BCUT2D eigenvalue weighted by Crippen LogP contribution is -2.60. The van der Waals surface area contributed by atoms with Crippen molar-refractivity contribution in [3.63, 3.8) is 0 Å². The van der Waals surface area contributed by atoms with Gasteiger partial charge in [-0.05, 0) is 56.9 Å². The number of amides is 4. The van der Waals surface area contributed by atoms with Crippen molar-refractivity contribution in [2.45, 2.75) is 110 Å². The predicted octanol–water partition coefficient (Wildman–Crippen LogP) is 1.99. The summed E-state index contributed by atoms with van der Waals surface area (Å²) in [5, 5.41) is 16.0. The van der Waals surface area contributed by atoms with Crippen LogP contribution in [0.1, 0.15) is 80.1 Å². The van der Waals surface area contributed by atoms with Gasteiger partial charge < -0.3 is 31.1 Å². The van der Waals surface area contributed by atoms with E-state index in [4.69, 9.17) is 10.5 Å². The number of ether oxygens (including phenoxy) is 1. The third-order valence-electron chi connectivity index (χ3n) is 7.57. The fourth-order valence-corrected chi connectivity index (χ4v) is 5.44. The lowest BCUT2D eigenvalue weighted by molar-refractivity contribution is -0.144. The summed E-state index contributed by atoms with van der Waals surface area (Å²) in [6, 6.07) is -2.56. The Balaban J connectivity index is 1.84. The number of likely N-dealkylation sites (tertiary alicyclic amines) is 1. The quantitative estimate of drug-likeness (QED) is 0.359. The first-order chi connectivity index (χ1) is 17.1. The summed E-state index contributed by atoms with van der Waals surface area (Å²) >= 11 is 0. The molecule has 1 saturated heterocycles. The largest absolute Gasteiger partial charge is 0.444 e. The maximum absolute atomic E-state index is 13.9. The van der Waals surface area contributed by atoms with Crippen LogP contribution in [0.3, 0.4) is 0 Å². The highest BCUT2D eigenvalue weighted by Gasteiger charge is 2.50. The SMILES string of the molecule is CC(C)(C)OC(=O)N[C@H](C(=O)N1CC2=CCC[C@@H]2[C@H]1C(=O)NC(CC1CCC1)C(O)C(N)=O)C(C)(C)C. The molecule has 5 N–H and O–H groups in total. The van der Waals surface area contributed by atoms with Crippen molar-refractivity contribution in [3.05, 3.63) is 11.6 Å². The van der Waals surface area contributed by atoms with Crippen molar-refractivity contribution < 1.29 is 29.0 Å². The van der Waals surface area contributed by atoms with E-state index in [1.165, 1.54) is 4.90 Å². The van der Waals surface area contributed by atoms with Crippen LogP contribution < -0.4 is 16.4 Å². The number of rotatable bonds is 8. The summed E-state index contributed by atoms with van der Waals surface area (Å²) in [6.07, 6.45) is 4.89. The lowest BCUT2D eigenvalue weighted by atomic mass is 9.79. The van der Waals surface area contributed by atoms with Gasteiger partial charge in [0.15, 0.2) is 6.10 Å². The second-order valence-electron chi connectivity index (χ2n) is 12.8. The first kappa shape index (κ1) is 28.9. The normalized spacial score (nSPS) is 24.3. The second kappa shape index (κ2) is 11.0. The van der Waals surface area contributed by atoms with Crippen LogP contribution in [0.15, 0.2) is 11.6 Å². The van der Waals surface area contributed by atoms with Crippen LogP contribution in [0.25, 0.3) is 0 Å². The van der Waals surface area contributed by atoms with Gasteiger partial charge in [-0.25, -0.2) is 4.79 Å². The molecule has 2 aliphatic carbocycles. The topological polar surface area (TPSA) is 151 Å². The molecule has 5 atom stereocenters. The molecule has 0 spiro atoms. The Labute approximate surface area is 219 Å². The molecule has 2 fully saturated rings. The van der Waals surface area contributed by atoms with Gasteiger partial charge in [-0.2, -0.15) is 0 Å². The third kappa shape index (κ3) is 7.03. The highest BCUT2D eigenvalue weighted by Crippen LogP contribution is 2.40. The van der Waals surface area contributed by atoms with Gasteiger partial charge in [-0.15, -0.1) is 0 Å². The number of fused-ring (bicyclic) bond motifs is 1. The number of hydrogen-bond acceptors (Lipinski definition) is 6. The van der Waals surface area contributed by atoms with Gasteiger partial charge in [0.2, 0.25) is 17.7 Å². The summed E-state index contributed by atoms with van der Waals surface area (Å²) in [5.74, 6) is -1.52. The number of carbonyl (C=O) groups is 4. The molecule has 1 heterocycles. The maximum atomic E-state index is 13.9. The fourth-order valence-electron chi connectivity index (χ4n) is 5.44. The summed E-state index contributed by atoms with van der Waals surface area (Å²) in [6.45, 7) is 11.1. The molecule has 2 unspecified atom stereocenters. The van der Waals surface area contributed by atoms with E-state index in [1.54, 1.807) is 20.8 Å². The first-order valence-corrected chi connectivity index (χ1v) is 13.3. The van der Waals surface area contributed by atoms with Crippen LogP contribution in [0, 0.1) is 17.3 Å². The zero-order valence-electron chi connectivity index (χ0n) is 23.0. The molecule has 10 nitrogen and oxygen atoms in total. The standard InChI is InChI=1S/C27H44N4O6/c1-26(2,3)21(30-25(36)37-27(4,5)6)24(35)31-14-16-11-8-12-17(16)19(31)23(34)29-18(20(32)22(28)33)13-15-9-7-10-15/h11,15,17-21,32H,7-10,12-14H2,1-6H3,(H2,28,33)(H,29,34)(H,30,36)/t17-,18?,19-,20?,21+/m0/s1. The molecule has 0 aromatic rings. The highest BCUT2D eigenvalue weighted by atomic mass is 16.6. The number of aliphatic hydroxyl groups is 1. The van der Waals surface area contributed by atoms with Gasteiger partial charge >= 0.3 is 6.09 Å². The molecular formula is C27H44N4O6. The number of nitrogens with two attached hydrogens (primary N) is 1. The summed E-state index contributed by atoms with van der Waals surface area (Å²) in [4.78, 5) is 53.5. The summed E-state index contributed by atoms with van der Waals surface area (Å²) in [7, 11) is 0. The second-order valence-corrected chi connectivity index (χ2v) is 12.8. The number of carbonyl (C=O) groups excluding carboxylic acids is 4. The minimum absolute atomic E-state index is 0.152. The third-order valence-corrected chi connectivity index (χ3v) is 7.57. The minimum atomic E-state index is -1.51. The van der Waals surface area contributed by atoms with Gasteiger partial charge in [-0.3, -0.25) is 14.4 Å². The van der Waals surface area contributed by atoms with Crippen molar-refractivity contribution in [2.75, 3.05) is 6.54 Å². The number of primary amides is 1. The van der Waals surface area contributed by atoms with E-state index < -0.39 is 53.2 Å². The molecule has 10 heteroatoms. The Morgan fingerprint density at radius 2 is 1.76 bits per heavy atom. The highest BCUT2D eigenvalue weighted by molar-refractivity contribution is 5.94. The molecule has 0 aromatic heterocycles. The molecule has 0 radical (unpaired) electrons. The number of allylic oxidation sites excluding steroid dienone is 1. The number of alkyl carbamates (subject to hydrolysis) is 1. The Hall–Kier alpha value is -2.62. The Morgan fingerprint density at radius 3 is 2.27 bits per heavy atom. The molecular weight excluding hydrogens is 476 g/mol. The molecule has 4 amide bonds. The Bertz CT molecular complexity index is 930.